The van der Waals surface area contributed by atoms with E-state index >= 15 is 0 Å². The van der Waals surface area contributed by atoms with Gasteiger partial charge >= 0.3 is 0 Å². The number of hydrogen-bond acceptors (Lipinski definition) is 4. The Kier molecular flexibility index (Phi) is 2.96. The molecular weight excluding hydrogens is 270 g/mol. The summed E-state index contributed by atoms with van der Waals surface area (Å²) in [6, 6.07) is 15.0. The minimum atomic E-state index is 0.360. The fourth-order valence-corrected chi connectivity index (χ4v) is 3.78. The summed E-state index contributed by atoms with van der Waals surface area (Å²) in [5.74, 6) is 2.73. The van der Waals surface area contributed by atoms with Crippen LogP contribution in [0.5, 0.6) is 11.5 Å². The Morgan fingerprint density at radius 2 is 1.85 bits per heavy atom. The molecule has 0 radical (unpaired) electrons. The van der Waals surface area contributed by atoms with Gasteiger partial charge < -0.3 is 14.8 Å². The normalized spacial score (nSPS) is 19.5. The molecule has 4 rings (SSSR count). The van der Waals surface area contributed by atoms with Gasteiger partial charge in [-0.2, -0.15) is 0 Å². The zero-order valence-corrected chi connectivity index (χ0v) is 11.8. The maximum atomic E-state index is 5.63. The van der Waals surface area contributed by atoms with Crippen LogP contribution in [0.25, 0.3) is 0 Å². The lowest BCUT2D eigenvalue weighted by molar-refractivity contribution is 0.171. The molecule has 0 saturated heterocycles. The number of hydrogen-bond donors (Lipinski definition) is 1. The van der Waals surface area contributed by atoms with Crippen molar-refractivity contribution in [3.63, 3.8) is 0 Å². The van der Waals surface area contributed by atoms with Crippen LogP contribution in [-0.4, -0.2) is 19.0 Å². The van der Waals surface area contributed by atoms with E-state index in [0.29, 0.717) is 19.3 Å². The Balaban J connectivity index is 1.58. The third-order valence-corrected chi connectivity index (χ3v) is 4.77. The van der Waals surface area contributed by atoms with Crippen LogP contribution in [0.4, 0.5) is 5.69 Å². The molecule has 2 aromatic rings. The summed E-state index contributed by atoms with van der Waals surface area (Å²) in [6.45, 7) is 1.25. The predicted octanol–water partition coefficient (Wildman–Crippen LogP) is 3.72. The van der Waals surface area contributed by atoms with E-state index in [0.717, 1.165) is 22.9 Å². The summed E-state index contributed by atoms with van der Waals surface area (Å²) >= 11 is 1.91. The van der Waals surface area contributed by atoms with Crippen molar-refractivity contribution in [1.82, 2.24) is 0 Å². The molecule has 2 aromatic carbocycles. The molecule has 4 heteroatoms. The first-order valence-corrected chi connectivity index (χ1v) is 7.76. The van der Waals surface area contributed by atoms with E-state index in [-0.39, 0.29) is 0 Å². The molecule has 0 saturated carbocycles. The Labute approximate surface area is 122 Å². The third-order valence-electron chi connectivity index (χ3n) is 3.58. The van der Waals surface area contributed by atoms with Gasteiger partial charge in [-0.15, -0.1) is 11.8 Å². The molecule has 1 unspecified atom stereocenters. The Bertz CT molecular complexity index is 644. The fraction of sp³-hybridized carbons (Fsp3) is 0.250. The second kappa shape index (κ2) is 4.94. The van der Waals surface area contributed by atoms with Gasteiger partial charge in [-0.05, 0) is 23.8 Å². The first-order valence-electron chi connectivity index (χ1n) is 6.78. The van der Waals surface area contributed by atoms with Crippen molar-refractivity contribution in [1.29, 1.82) is 0 Å². The molecule has 1 N–H and O–H groups in total. The predicted molar refractivity (Wildman–Crippen MR) is 81.0 cm³/mol. The van der Waals surface area contributed by atoms with Crippen LogP contribution in [0.1, 0.15) is 11.6 Å². The van der Waals surface area contributed by atoms with Crippen molar-refractivity contribution in [2.75, 3.05) is 24.3 Å². The lowest BCUT2D eigenvalue weighted by atomic mass is 10.1. The average Bonchev–Trinajstić information content (AvgIpc) is 2.91. The van der Waals surface area contributed by atoms with Gasteiger partial charge in [-0.25, -0.2) is 0 Å². The molecule has 2 aliphatic heterocycles. The molecule has 3 nitrogen and oxygen atoms in total. The van der Waals surface area contributed by atoms with Gasteiger partial charge in [-0.1, -0.05) is 18.2 Å². The van der Waals surface area contributed by atoms with Crippen molar-refractivity contribution < 1.29 is 9.47 Å². The summed E-state index contributed by atoms with van der Waals surface area (Å²) < 4.78 is 11.2. The molecule has 0 spiro atoms. The van der Waals surface area contributed by atoms with Gasteiger partial charge in [0.05, 0.1) is 6.04 Å². The van der Waals surface area contributed by atoms with Gasteiger partial charge in [0, 0.05) is 22.4 Å². The molecule has 20 heavy (non-hydrogen) atoms. The van der Waals surface area contributed by atoms with Gasteiger partial charge in [0.15, 0.2) is 11.5 Å². The van der Waals surface area contributed by atoms with Crippen molar-refractivity contribution in [3.8, 4) is 11.5 Å². The maximum Gasteiger partial charge on any atom is 0.163 e. The zero-order chi connectivity index (χ0) is 13.4. The number of thioether (sulfide) groups is 1. The van der Waals surface area contributed by atoms with Gasteiger partial charge in [0.2, 0.25) is 0 Å². The molecule has 1 atom stereocenters. The zero-order valence-electron chi connectivity index (χ0n) is 11.0. The second-order valence-electron chi connectivity index (χ2n) is 4.90. The summed E-state index contributed by atoms with van der Waals surface area (Å²) in [4.78, 5) is 1.38. The number of benzene rings is 2. The number of anilines is 1. The smallest absolute Gasteiger partial charge is 0.163 e. The van der Waals surface area contributed by atoms with Crippen LogP contribution >= 0.6 is 11.8 Å². The Morgan fingerprint density at radius 1 is 1.00 bits per heavy atom. The van der Waals surface area contributed by atoms with Gasteiger partial charge in [0.25, 0.3) is 0 Å². The quantitative estimate of drug-likeness (QED) is 0.911. The van der Waals surface area contributed by atoms with Crippen LogP contribution in [0.2, 0.25) is 0 Å². The summed E-state index contributed by atoms with van der Waals surface area (Å²) in [7, 11) is 0. The molecule has 0 aromatic heterocycles. The highest BCUT2D eigenvalue weighted by molar-refractivity contribution is 7.99. The highest BCUT2D eigenvalue weighted by Gasteiger charge is 2.23. The van der Waals surface area contributed by atoms with E-state index in [2.05, 4.69) is 35.6 Å². The molecule has 0 fully saturated rings. The maximum absolute atomic E-state index is 5.63. The summed E-state index contributed by atoms with van der Waals surface area (Å²) in [5, 5.41) is 3.59. The van der Waals surface area contributed by atoms with Crippen LogP contribution in [-0.2, 0) is 0 Å². The summed E-state index contributed by atoms with van der Waals surface area (Å²) in [5.41, 5.74) is 2.46. The topological polar surface area (TPSA) is 30.5 Å². The molecule has 2 aliphatic rings. The first kappa shape index (κ1) is 12.0. The van der Waals surface area contributed by atoms with Crippen molar-refractivity contribution in [2.45, 2.75) is 10.9 Å². The molecule has 0 bridgehead atoms. The highest BCUT2D eigenvalue weighted by atomic mass is 32.2. The van der Waals surface area contributed by atoms with E-state index in [1.165, 1.54) is 10.5 Å². The summed E-state index contributed by atoms with van der Waals surface area (Å²) in [6.07, 6.45) is 0. The minimum Gasteiger partial charge on any atom is -0.486 e. The van der Waals surface area contributed by atoms with E-state index in [4.69, 9.17) is 9.47 Å². The van der Waals surface area contributed by atoms with Gasteiger partial charge in [0.1, 0.15) is 13.2 Å². The second-order valence-corrected chi connectivity index (χ2v) is 5.97. The van der Waals surface area contributed by atoms with Crippen LogP contribution < -0.4 is 14.8 Å². The molecule has 0 aliphatic carbocycles. The number of fused-ring (bicyclic) bond motifs is 2. The van der Waals surface area contributed by atoms with Crippen LogP contribution in [0.3, 0.4) is 0 Å². The van der Waals surface area contributed by atoms with Crippen LogP contribution in [0.15, 0.2) is 47.4 Å². The SMILES string of the molecule is c1ccc2c(c1)SCC2Nc1ccc2c(c1)OCCO2. The molecule has 0 amide bonds. The lowest BCUT2D eigenvalue weighted by Crippen LogP contribution is -2.16. The largest absolute Gasteiger partial charge is 0.486 e. The van der Waals surface area contributed by atoms with E-state index in [1.807, 2.05) is 23.9 Å². The van der Waals surface area contributed by atoms with E-state index < -0.39 is 0 Å². The van der Waals surface area contributed by atoms with E-state index in [9.17, 15) is 0 Å². The van der Waals surface area contributed by atoms with E-state index in [1.54, 1.807) is 0 Å². The molecule has 2 heterocycles. The van der Waals surface area contributed by atoms with Crippen molar-refractivity contribution in [3.05, 3.63) is 48.0 Å². The monoisotopic (exact) mass is 285 g/mol. The molecule has 102 valence electrons. The number of nitrogens with one attached hydrogen (secondary N) is 1. The van der Waals surface area contributed by atoms with Crippen LogP contribution in [0, 0.1) is 0 Å². The minimum absolute atomic E-state index is 0.360. The third kappa shape index (κ3) is 2.10. The van der Waals surface area contributed by atoms with Crippen molar-refractivity contribution in [2.24, 2.45) is 0 Å². The Hall–Kier alpha value is -1.81. The fourth-order valence-electron chi connectivity index (χ4n) is 2.62. The highest BCUT2D eigenvalue weighted by Crippen LogP contribution is 2.40. The van der Waals surface area contributed by atoms with Gasteiger partial charge in [-0.3, -0.25) is 0 Å². The number of rotatable bonds is 2. The molecular formula is C16H15NO2S. The first-order chi connectivity index (χ1) is 9.90. The van der Waals surface area contributed by atoms with Crippen molar-refractivity contribution >= 4 is 17.4 Å². The standard InChI is InChI=1S/C16H15NO2S/c1-2-4-16-12(3-1)13(10-20-16)17-11-5-6-14-15(9-11)19-8-7-18-14/h1-6,9,13,17H,7-8,10H2. The number of ether oxygens (including phenoxy) is 2. The average molecular weight is 285 g/mol. The lowest BCUT2D eigenvalue weighted by Gasteiger charge is -2.20. The Morgan fingerprint density at radius 3 is 2.80 bits per heavy atom.